The number of hydrogen-bond acceptors (Lipinski definition) is 6. The SMILES string of the molecule is O=C(CS(O)(O)c1ccccc1C(F)(F)F)C(=O)C(=O)N[C@@H]1CCCc2cc(CN3CCCCC3)ccc21. The molecule has 0 spiro atoms. The number of aryl methyl sites for hydroxylation is 1. The van der Waals surface area contributed by atoms with Crippen molar-refractivity contribution in [1.82, 2.24) is 10.2 Å². The van der Waals surface area contributed by atoms with Crippen LogP contribution in [0.15, 0.2) is 47.4 Å². The summed E-state index contributed by atoms with van der Waals surface area (Å²) in [4.78, 5) is 39.1. The fraction of sp³-hybridized carbons (Fsp3) is 0.444. The van der Waals surface area contributed by atoms with Crippen LogP contribution in [0.1, 0.15) is 60.4 Å². The average molecular weight is 553 g/mol. The van der Waals surface area contributed by atoms with Crippen molar-refractivity contribution in [3.05, 3.63) is 64.7 Å². The number of amides is 1. The lowest BCUT2D eigenvalue weighted by atomic mass is 9.86. The summed E-state index contributed by atoms with van der Waals surface area (Å²) < 4.78 is 60.6. The molecule has 11 heteroatoms. The number of carbonyl (C=O) groups excluding carboxylic acids is 3. The largest absolute Gasteiger partial charge is 0.418 e. The second kappa shape index (κ2) is 11.6. The fourth-order valence-electron chi connectivity index (χ4n) is 5.15. The number of hydrogen-bond donors (Lipinski definition) is 3. The Balaban J connectivity index is 1.41. The van der Waals surface area contributed by atoms with E-state index in [0.717, 1.165) is 61.8 Å². The molecule has 2 aliphatic rings. The standard InChI is InChI=1S/C27H31F3N2O5S/c28-27(29,30)21-8-2-3-10-24(21)38(36,37)17-23(33)25(34)26(35)31-22-9-6-7-19-15-18(11-12-20(19)22)16-32-13-4-1-5-14-32/h2-3,8,10-12,15,22,36-37H,1,4-7,9,13-14,16-17H2,(H,31,35)/t22-/m1/s1. The Kier molecular flexibility index (Phi) is 8.61. The third-order valence-corrected chi connectivity index (χ3v) is 8.74. The van der Waals surface area contributed by atoms with Crippen LogP contribution in [0.5, 0.6) is 0 Å². The molecule has 1 aliphatic heterocycles. The van der Waals surface area contributed by atoms with Crippen molar-refractivity contribution in [2.24, 2.45) is 0 Å². The minimum absolute atomic E-state index is 0.502. The first-order valence-corrected chi connectivity index (χ1v) is 14.3. The molecule has 206 valence electrons. The summed E-state index contributed by atoms with van der Waals surface area (Å²) in [6.07, 6.45) is 0.880. The zero-order valence-electron chi connectivity index (χ0n) is 20.8. The van der Waals surface area contributed by atoms with E-state index < -0.39 is 56.5 Å². The molecule has 1 atom stereocenters. The summed E-state index contributed by atoms with van der Waals surface area (Å²) in [7, 11) is -4.33. The Morgan fingerprint density at radius 1 is 1.00 bits per heavy atom. The Hall–Kier alpha value is -2.73. The molecule has 0 bridgehead atoms. The highest BCUT2D eigenvalue weighted by Crippen LogP contribution is 2.52. The first-order chi connectivity index (χ1) is 18.0. The summed E-state index contributed by atoms with van der Waals surface area (Å²) in [6.45, 7) is 2.98. The van der Waals surface area contributed by atoms with Gasteiger partial charge in [-0.15, -0.1) is 0 Å². The number of piperidine rings is 1. The quantitative estimate of drug-likeness (QED) is 0.310. The van der Waals surface area contributed by atoms with Gasteiger partial charge in [-0.25, -0.2) is 0 Å². The third-order valence-electron chi connectivity index (χ3n) is 7.02. The van der Waals surface area contributed by atoms with Crippen molar-refractivity contribution in [1.29, 1.82) is 0 Å². The minimum Gasteiger partial charge on any atom is -0.342 e. The number of carbonyl (C=O) groups is 3. The maximum Gasteiger partial charge on any atom is 0.418 e. The molecular formula is C27H31F3N2O5S. The molecule has 1 amide bonds. The lowest BCUT2D eigenvalue weighted by Crippen LogP contribution is -2.40. The van der Waals surface area contributed by atoms with Crippen LogP contribution >= 0.6 is 10.6 Å². The number of likely N-dealkylation sites (tertiary alicyclic amines) is 1. The van der Waals surface area contributed by atoms with Gasteiger partial charge in [-0.3, -0.25) is 28.4 Å². The van der Waals surface area contributed by atoms with Crippen molar-refractivity contribution in [2.75, 3.05) is 18.8 Å². The molecule has 7 nitrogen and oxygen atoms in total. The lowest BCUT2D eigenvalue weighted by Gasteiger charge is -2.33. The van der Waals surface area contributed by atoms with E-state index in [0.29, 0.717) is 12.5 Å². The van der Waals surface area contributed by atoms with Crippen LogP contribution < -0.4 is 5.32 Å². The number of alkyl halides is 3. The van der Waals surface area contributed by atoms with E-state index in [1.54, 1.807) is 0 Å². The first-order valence-electron chi connectivity index (χ1n) is 12.6. The van der Waals surface area contributed by atoms with Gasteiger partial charge in [0.2, 0.25) is 5.78 Å². The second-order valence-electron chi connectivity index (χ2n) is 9.85. The molecule has 2 aromatic carbocycles. The normalized spacial score (nSPS) is 18.9. The minimum atomic E-state index is -4.90. The topological polar surface area (TPSA) is 107 Å². The molecule has 4 rings (SSSR count). The fourth-order valence-corrected chi connectivity index (χ4v) is 6.64. The van der Waals surface area contributed by atoms with Gasteiger partial charge in [0, 0.05) is 6.54 Å². The smallest absolute Gasteiger partial charge is 0.342 e. The maximum atomic E-state index is 13.3. The summed E-state index contributed by atoms with van der Waals surface area (Å²) >= 11 is 0. The van der Waals surface area contributed by atoms with Crippen LogP contribution in [-0.4, -0.2) is 50.3 Å². The third kappa shape index (κ3) is 6.63. The van der Waals surface area contributed by atoms with Crippen molar-refractivity contribution in [3.8, 4) is 0 Å². The zero-order valence-corrected chi connectivity index (χ0v) is 21.6. The van der Waals surface area contributed by atoms with Gasteiger partial charge in [0.05, 0.1) is 16.5 Å². The Morgan fingerprint density at radius 3 is 2.42 bits per heavy atom. The summed E-state index contributed by atoms with van der Waals surface area (Å²) in [5.74, 6) is -5.52. The highest BCUT2D eigenvalue weighted by atomic mass is 32.3. The molecule has 2 aromatic rings. The van der Waals surface area contributed by atoms with E-state index in [1.807, 2.05) is 12.1 Å². The molecule has 1 heterocycles. The lowest BCUT2D eigenvalue weighted by molar-refractivity contribution is -0.144. The number of benzene rings is 2. The van der Waals surface area contributed by atoms with E-state index in [2.05, 4.69) is 16.3 Å². The number of nitrogens with zero attached hydrogens (tertiary/aromatic N) is 1. The monoisotopic (exact) mass is 552 g/mol. The van der Waals surface area contributed by atoms with Gasteiger partial charge in [-0.1, -0.05) is 36.8 Å². The van der Waals surface area contributed by atoms with Gasteiger partial charge in [0.15, 0.2) is 0 Å². The first kappa shape index (κ1) is 28.3. The van der Waals surface area contributed by atoms with E-state index in [-0.39, 0.29) is 0 Å². The molecule has 1 aliphatic carbocycles. The van der Waals surface area contributed by atoms with Crippen molar-refractivity contribution >= 4 is 28.1 Å². The van der Waals surface area contributed by atoms with E-state index in [9.17, 15) is 36.7 Å². The molecular weight excluding hydrogens is 521 g/mol. The van der Waals surface area contributed by atoms with Gasteiger partial charge in [0.25, 0.3) is 11.7 Å². The van der Waals surface area contributed by atoms with Gasteiger partial charge in [-0.05, 0) is 74.0 Å². The maximum absolute atomic E-state index is 13.3. The Morgan fingerprint density at radius 2 is 1.71 bits per heavy atom. The predicted molar refractivity (Wildman–Crippen MR) is 137 cm³/mol. The molecule has 0 unspecified atom stereocenters. The number of nitrogens with one attached hydrogen (secondary N) is 1. The zero-order chi connectivity index (χ0) is 27.5. The van der Waals surface area contributed by atoms with Crippen molar-refractivity contribution in [3.63, 3.8) is 0 Å². The predicted octanol–water partition coefficient (Wildman–Crippen LogP) is 5.13. The van der Waals surface area contributed by atoms with Crippen LogP contribution in [0.4, 0.5) is 13.2 Å². The van der Waals surface area contributed by atoms with Gasteiger partial charge >= 0.3 is 6.18 Å². The second-order valence-corrected chi connectivity index (χ2v) is 11.9. The molecule has 0 saturated carbocycles. The molecule has 38 heavy (non-hydrogen) atoms. The Labute approximate surface area is 220 Å². The van der Waals surface area contributed by atoms with Crippen LogP contribution in [0.2, 0.25) is 0 Å². The molecule has 0 aromatic heterocycles. The van der Waals surface area contributed by atoms with Crippen molar-refractivity contribution in [2.45, 2.75) is 62.2 Å². The van der Waals surface area contributed by atoms with E-state index in [4.69, 9.17) is 0 Å². The van der Waals surface area contributed by atoms with Crippen LogP contribution in [0, 0.1) is 0 Å². The summed E-state index contributed by atoms with van der Waals surface area (Å²) in [5, 5.41) is 2.56. The van der Waals surface area contributed by atoms with Gasteiger partial charge < -0.3 is 5.32 Å². The molecule has 0 radical (unpaired) electrons. The van der Waals surface area contributed by atoms with Crippen LogP contribution in [0.3, 0.4) is 0 Å². The van der Waals surface area contributed by atoms with E-state index >= 15 is 0 Å². The summed E-state index contributed by atoms with van der Waals surface area (Å²) in [6, 6.07) is 9.27. The van der Waals surface area contributed by atoms with Crippen molar-refractivity contribution < 1.29 is 36.7 Å². The van der Waals surface area contributed by atoms with Crippen LogP contribution in [0.25, 0.3) is 0 Å². The summed E-state index contributed by atoms with van der Waals surface area (Å²) in [5.41, 5.74) is 1.78. The molecule has 1 fully saturated rings. The number of Topliss-reactive ketones (excluding diaryl/α,β-unsaturated/α-hetero) is 2. The number of ketones is 2. The highest BCUT2D eigenvalue weighted by molar-refractivity contribution is 8.25. The number of rotatable bonds is 8. The number of fused-ring (bicyclic) bond motifs is 1. The molecule has 3 N–H and O–H groups in total. The average Bonchev–Trinajstić information content (AvgIpc) is 2.88. The van der Waals surface area contributed by atoms with Gasteiger partial charge in [0.1, 0.15) is 5.75 Å². The van der Waals surface area contributed by atoms with Gasteiger partial charge in [-0.2, -0.15) is 23.8 Å². The van der Waals surface area contributed by atoms with Crippen LogP contribution in [-0.2, 0) is 33.5 Å². The Bertz CT molecular complexity index is 1210. The number of halogens is 3. The highest BCUT2D eigenvalue weighted by Gasteiger charge is 2.39. The van der Waals surface area contributed by atoms with E-state index in [1.165, 1.54) is 24.8 Å². The molecule has 1 saturated heterocycles.